The minimum Gasteiger partial charge on any atom is -0.491 e. The summed E-state index contributed by atoms with van der Waals surface area (Å²) in [5.74, 6) is 1.87. The molecule has 28 heavy (non-hydrogen) atoms. The maximum absolute atomic E-state index is 11.4. The van der Waals surface area contributed by atoms with Crippen molar-refractivity contribution in [1.82, 2.24) is 15.3 Å². The smallest absolute Gasteiger partial charge is 0.412 e. The Morgan fingerprint density at radius 1 is 1.32 bits per heavy atom. The van der Waals surface area contributed by atoms with E-state index >= 15 is 0 Å². The van der Waals surface area contributed by atoms with Crippen molar-refractivity contribution < 1.29 is 14.3 Å². The fraction of sp³-hybridized carbons (Fsp3) is 0.476. The maximum Gasteiger partial charge on any atom is 0.412 e. The molecule has 0 atom stereocenters. The zero-order valence-corrected chi connectivity index (χ0v) is 16.9. The monoisotopic (exact) mass is 384 g/mol. The van der Waals surface area contributed by atoms with Crippen LogP contribution in [-0.2, 0) is 4.74 Å². The zero-order valence-electron chi connectivity index (χ0n) is 16.9. The van der Waals surface area contributed by atoms with Gasteiger partial charge in [-0.3, -0.25) is 5.32 Å². The molecule has 7 nitrogen and oxygen atoms in total. The van der Waals surface area contributed by atoms with Crippen LogP contribution in [0.2, 0.25) is 0 Å². The summed E-state index contributed by atoms with van der Waals surface area (Å²) < 4.78 is 10.7. The minimum atomic E-state index is -0.557. The van der Waals surface area contributed by atoms with E-state index in [0.29, 0.717) is 18.3 Å². The zero-order chi connectivity index (χ0) is 20.1. The van der Waals surface area contributed by atoms with Gasteiger partial charge < -0.3 is 14.8 Å². The van der Waals surface area contributed by atoms with Crippen LogP contribution in [0.3, 0.4) is 0 Å². The third-order valence-electron chi connectivity index (χ3n) is 4.88. The molecule has 0 saturated carbocycles. The van der Waals surface area contributed by atoms with Gasteiger partial charge in [0.15, 0.2) is 0 Å². The first-order valence-electron chi connectivity index (χ1n) is 9.53. The Morgan fingerprint density at radius 2 is 2.11 bits per heavy atom. The van der Waals surface area contributed by atoms with Crippen molar-refractivity contribution in [3.05, 3.63) is 36.2 Å². The van der Waals surface area contributed by atoms with E-state index in [1.165, 1.54) is 7.11 Å². The minimum absolute atomic E-state index is 0.221. The molecule has 3 rings (SSSR count). The van der Waals surface area contributed by atoms with E-state index in [4.69, 9.17) is 4.74 Å². The first-order chi connectivity index (χ1) is 13.4. The van der Waals surface area contributed by atoms with Gasteiger partial charge in [-0.1, -0.05) is 13.8 Å². The Morgan fingerprint density at radius 3 is 2.71 bits per heavy atom. The summed E-state index contributed by atoms with van der Waals surface area (Å²) in [7, 11) is 1.31. The predicted molar refractivity (Wildman–Crippen MR) is 108 cm³/mol. The molecule has 7 heteroatoms. The van der Waals surface area contributed by atoms with Crippen molar-refractivity contribution >= 4 is 11.9 Å². The van der Waals surface area contributed by atoms with Gasteiger partial charge in [0.05, 0.1) is 25.1 Å². The molecular formula is C21H28N4O3. The number of methoxy groups -OCH3 is 1. The van der Waals surface area contributed by atoms with Gasteiger partial charge in [-0.25, -0.2) is 14.8 Å². The summed E-state index contributed by atoms with van der Waals surface area (Å²) in [6.45, 7) is 9.15. The van der Waals surface area contributed by atoms with Crippen LogP contribution in [0.1, 0.15) is 26.0 Å². The Balaban J connectivity index is 1.70. The van der Waals surface area contributed by atoms with Gasteiger partial charge in [0.25, 0.3) is 0 Å². The van der Waals surface area contributed by atoms with Crippen LogP contribution in [0.15, 0.2) is 30.5 Å². The summed E-state index contributed by atoms with van der Waals surface area (Å²) in [4.78, 5) is 20.2. The molecule has 0 aliphatic carbocycles. The molecule has 1 saturated heterocycles. The topological polar surface area (TPSA) is 85.4 Å². The van der Waals surface area contributed by atoms with Gasteiger partial charge in [-0.2, -0.15) is 0 Å². The summed E-state index contributed by atoms with van der Waals surface area (Å²) in [6.07, 6.45) is 2.22. The highest BCUT2D eigenvalue weighted by Gasteiger charge is 2.38. The Kier molecular flexibility index (Phi) is 6.14. The summed E-state index contributed by atoms with van der Waals surface area (Å²) >= 11 is 0. The standard InChI is InChI=1S/C21H28N4O3/c1-14(2)10-21(11-22-12-21)13-28-18-6-5-17(24-15(18)3)16-7-8-23-19(9-16)25-20(26)27-4/h5-9,14,22H,10-13H2,1-4H3,(H,23,25,26). The van der Waals surface area contributed by atoms with Crippen LogP contribution in [0, 0.1) is 18.3 Å². The number of amides is 1. The lowest BCUT2D eigenvalue weighted by atomic mass is 9.76. The lowest BCUT2D eigenvalue weighted by Crippen LogP contribution is -2.57. The van der Waals surface area contributed by atoms with Crippen LogP contribution in [0.25, 0.3) is 11.3 Å². The number of carbonyl (C=O) groups is 1. The van der Waals surface area contributed by atoms with Crippen molar-refractivity contribution in [2.24, 2.45) is 11.3 Å². The second-order valence-corrected chi connectivity index (χ2v) is 7.82. The number of ether oxygens (including phenoxy) is 2. The molecule has 150 valence electrons. The molecule has 0 bridgehead atoms. The number of rotatable bonds is 7. The van der Waals surface area contributed by atoms with Gasteiger partial charge in [0, 0.05) is 30.3 Å². The second-order valence-electron chi connectivity index (χ2n) is 7.82. The molecule has 0 radical (unpaired) electrons. The number of nitrogens with one attached hydrogen (secondary N) is 2. The average molecular weight is 384 g/mol. The second kappa shape index (κ2) is 8.56. The van der Waals surface area contributed by atoms with E-state index in [0.717, 1.165) is 42.2 Å². The number of pyridine rings is 2. The lowest BCUT2D eigenvalue weighted by molar-refractivity contribution is 0.0597. The Labute approximate surface area is 165 Å². The van der Waals surface area contributed by atoms with Crippen molar-refractivity contribution in [1.29, 1.82) is 0 Å². The maximum atomic E-state index is 11.4. The van der Waals surface area contributed by atoms with E-state index in [2.05, 4.69) is 39.2 Å². The van der Waals surface area contributed by atoms with E-state index in [1.807, 2.05) is 25.1 Å². The summed E-state index contributed by atoms with van der Waals surface area (Å²) in [5.41, 5.74) is 2.71. The first-order valence-corrected chi connectivity index (χ1v) is 9.53. The molecule has 3 heterocycles. The number of aryl methyl sites for hydroxylation is 1. The summed E-state index contributed by atoms with van der Waals surface area (Å²) in [5, 5.41) is 5.93. The van der Waals surface area contributed by atoms with Crippen molar-refractivity contribution in [3.8, 4) is 17.0 Å². The fourth-order valence-corrected chi connectivity index (χ4v) is 3.56. The molecule has 1 amide bonds. The molecule has 2 aromatic heterocycles. The van der Waals surface area contributed by atoms with Crippen LogP contribution < -0.4 is 15.4 Å². The number of aromatic nitrogens is 2. The van der Waals surface area contributed by atoms with Crippen LogP contribution in [-0.4, -0.2) is 42.9 Å². The number of nitrogens with zero attached hydrogens (tertiary/aromatic N) is 2. The van der Waals surface area contributed by atoms with Crippen LogP contribution in [0.5, 0.6) is 5.75 Å². The number of carbonyl (C=O) groups excluding carboxylic acids is 1. The summed E-state index contributed by atoms with van der Waals surface area (Å²) in [6, 6.07) is 7.49. The molecule has 0 spiro atoms. The average Bonchev–Trinajstić information content (AvgIpc) is 2.64. The Bertz CT molecular complexity index is 834. The molecule has 1 aliphatic heterocycles. The molecule has 2 N–H and O–H groups in total. The normalized spacial score (nSPS) is 15.0. The number of hydrogen-bond acceptors (Lipinski definition) is 6. The lowest BCUT2D eigenvalue weighted by Gasteiger charge is -2.43. The highest BCUT2D eigenvalue weighted by molar-refractivity contribution is 5.84. The highest BCUT2D eigenvalue weighted by Crippen LogP contribution is 2.32. The SMILES string of the molecule is COC(=O)Nc1cc(-c2ccc(OCC3(CC(C)C)CNC3)c(C)n2)ccn1. The fourth-order valence-electron chi connectivity index (χ4n) is 3.56. The first kappa shape index (κ1) is 20.1. The molecular weight excluding hydrogens is 356 g/mol. The van der Waals surface area contributed by atoms with E-state index in [-0.39, 0.29) is 5.41 Å². The van der Waals surface area contributed by atoms with Crippen LogP contribution in [0.4, 0.5) is 10.6 Å². The molecule has 1 aliphatic rings. The van der Waals surface area contributed by atoms with Gasteiger partial charge in [0.1, 0.15) is 11.6 Å². The van der Waals surface area contributed by atoms with Gasteiger partial charge in [-0.05, 0) is 43.5 Å². The third kappa shape index (κ3) is 4.78. The number of hydrogen-bond donors (Lipinski definition) is 2. The van der Waals surface area contributed by atoms with Gasteiger partial charge in [0.2, 0.25) is 0 Å². The molecule has 0 unspecified atom stereocenters. The van der Waals surface area contributed by atoms with Crippen molar-refractivity contribution in [2.45, 2.75) is 27.2 Å². The van der Waals surface area contributed by atoms with Gasteiger partial charge in [-0.15, -0.1) is 0 Å². The number of anilines is 1. The molecule has 1 fully saturated rings. The van der Waals surface area contributed by atoms with Crippen molar-refractivity contribution in [3.63, 3.8) is 0 Å². The Hall–Kier alpha value is -2.67. The van der Waals surface area contributed by atoms with E-state index in [1.54, 1.807) is 12.3 Å². The third-order valence-corrected chi connectivity index (χ3v) is 4.88. The van der Waals surface area contributed by atoms with Gasteiger partial charge >= 0.3 is 6.09 Å². The van der Waals surface area contributed by atoms with E-state index in [9.17, 15) is 4.79 Å². The van der Waals surface area contributed by atoms with Crippen LogP contribution >= 0.6 is 0 Å². The van der Waals surface area contributed by atoms with Crippen molar-refractivity contribution in [2.75, 3.05) is 32.1 Å². The quantitative estimate of drug-likeness (QED) is 0.758. The predicted octanol–water partition coefficient (Wildman–Crippen LogP) is 3.64. The van der Waals surface area contributed by atoms with E-state index < -0.39 is 6.09 Å². The molecule has 0 aromatic carbocycles. The molecule has 2 aromatic rings. The highest BCUT2D eigenvalue weighted by atomic mass is 16.5. The largest absolute Gasteiger partial charge is 0.491 e.